The molecule has 0 amide bonds. The van der Waals surface area contributed by atoms with Crippen molar-refractivity contribution in [2.24, 2.45) is 0 Å². The first-order chi connectivity index (χ1) is 14.8. The number of ether oxygens (including phenoxy) is 1. The summed E-state index contributed by atoms with van der Waals surface area (Å²) in [6.45, 7) is 3.95. The Balaban J connectivity index is 1.64. The van der Waals surface area contributed by atoms with E-state index in [0.29, 0.717) is 4.88 Å². The number of hydrogen-bond donors (Lipinski definition) is 1. The van der Waals surface area contributed by atoms with Gasteiger partial charge in [-0.2, -0.15) is 0 Å². The molecule has 0 saturated carbocycles. The molecule has 2 aromatic rings. The van der Waals surface area contributed by atoms with E-state index in [2.05, 4.69) is 15.2 Å². The Morgan fingerprint density at radius 2 is 1.77 bits per heavy atom. The first kappa shape index (κ1) is 22.6. The molecule has 0 saturated heterocycles. The smallest absolute Gasteiger partial charge is 0.343 e. The topological polar surface area (TPSA) is 117 Å². The molecule has 0 fully saturated rings. The Morgan fingerprint density at radius 3 is 2.48 bits per heavy atom. The van der Waals surface area contributed by atoms with E-state index in [1.54, 1.807) is 0 Å². The van der Waals surface area contributed by atoms with Crippen LogP contribution >= 0.6 is 11.3 Å². The number of thiophene rings is 1. The van der Waals surface area contributed by atoms with Crippen LogP contribution in [-0.4, -0.2) is 30.0 Å². The fourth-order valence-corrected chi connectivity index (χ4v) is 4.12. The maximum absolute atomic E-state index is 12.6. The fourth-order valence-electron chi connectivity index (χ4n) is 2.97. The van der Waals surface area contributed by atoms with Crippen LogP contribution in [0.5, 0.6) is 11.5 Å². The molecule has 0 spiro atoms. The van der Waals surface area contributed by atoms with Gasteiger partial charge >= 0.3 is 11.9 Å². The number of carbonyl (C=O) groups is 4. The van der Waals surface area contributed by atoms with Crippen LogP contribution in [-0.2, 0) is 32.5 Å². The van der Waals surface area contributed by atoms with Crippen LogP contribution in [0, 0.1) is 0 Å². The molecule has 2 heterocycles. The van der Waals surface area contributed by atoms with Gasteiger partial charge in [0.05, 0.1) is 4.88 Å². The summed E-state index contributed by atoms with van der Waals surface area (Å²) in [6.07, 6.45) is 0.979. The Labute approximate surface area is 182 Å². The second kappa shape index (κ2) is 10.3. The number of benzene rings is 1. The van der Waals surface area contributed by atoms with Crippen molar-refractivity contribution in [2.45, 2.75) is 39.7 Å². The summed E-state index contributed by atoms with van der Waals surface area (Å²) in [5.41, 5.74) is 1.38. The van der Waals surface area contributed by atoms with Crippen LogP contribution in [0.1, 0.15) is 57.2 Å². The third-order valence-corrected chi connectivity index (χ3v) is 5.67. The first-order valence-electron chi connectivity index (χ1n) is 9.56. The van der Waals surface area contributed by atoms with Gasteiger partial charge in [0.25, 0.3) is 0 Å². The number of nitrogens with one attached hydrogen (secondary N) is 1. The van der Waals surface area contributed by atoms with Gasteiger partial charge in [-0.3, -0.25) is 24.2 Å². The molecule has 164 valence electrons. The number of rotatable bonds is 9. The van der Waals surface area contributed by atoms with Crippen molar-refractivity contribution >= 4 is 34.8 Å². The van der Waals surface area contributed by atoms with Crippen molar-refractivity contribution in [1.82, 2.24) is 5.32 Å². The molecule has 31 heavy (non-hydrogen) atoms. The molecule has 1 aromatic heterocycles. The van der Waals surface area contributed by atoms with Crippen LogP contribution in [0.4, 0.5) is 0 Å². The molecule has 0 unspecified atom stereocenters. The average Bonchev–Trinajstić information content (AvgIpc) is 3.16. The van der Waals surface area contributed by atoms with E-state index >= 15 is 0 Å². The Kier molecular flexibility index (Phi) is 7.50. The average molecular weight is 447 g/mol. The zero-order chi connectivity index (χ0) is 22.4. The minimum atomic E-state index is -0.742. The molecule has 9 nitrogen and oxygen atoms in total. The Morgan fingerprint density at radius 1 is 1.00 bits per heavy atom. The zero-order valence-electron chi connectivity index (χ0n) is 17.0. The van der Waals surface area contributed by atoms with Crippen molar-refractivity contribution in [3.63, 3.8) is 0 Å². The molecule has 3 rings (SSSR count). The molecule has 0 radical (unpaired) electrons. The van der Waals surface area contributed by atoms with Gasteiger partial charge < -0.3 is 10.1 Å². The fraction of sp³-hybridized carbons (Fsp3) is 0.333. The lowest BCUT2D eigenvalue weighted by Crippen LogP contribution is -2.21. The highest BCUT2D eigenvalue weighted by Gasteiger charge is 2.19. The molecule has 10 heteroatoms. The molecule has 1 aliphatic rings. The summed E-state index contributed by atoms with van der Waals surface area (Å²) in [5.74, 6) is -1.92. The molecule has 1 aromatic carbocycles. The van der Waals surface area contributed by atoms with E-state index in [-0.39, 0.29) is 41.5 Å². The molecule has 0 aliphatic carbocycles. The van der Waals surface area contributed by atoms with Crippen LogP contribution in [0.15, 0.2) is 24.3 Å². The molecule has 1 N–H and O–H groups in total. The van der Waals surface area contributed by atoms with Gasteiger partial charge in [-0.1, -0.05) is 0 Å². The van der Waals surface area contributed by atoms with Crippen molar-refractivity contribution in [3.8, 4) is 11.5 Å². The lowest BCUT2D eigenvalue weighted by Gasteiger charge is -2.10. The molecular weight excluding hydrogens is 426 g/mol. The van der Waals surface area contributed by atoms with E-state index < -0.39 is 11.9 Å². The monoisotopic (exact) mass is 447 g/mol. The van der Waals surface area contributed by atoms with Crippen molar-refractivity contribution < 1.29 is 38.7 Å². The maximum atomic E-state index is 12.6. The minimum absolute atomic E-state index is 0.00329. The van der Waals surface area contributed by atoms with E-state index in [1.807, 2.05) is 6.07 Å². The summed E-state index contributed by atoms with van der Waals surface area (Å²) in [7, 11) is 0. The van der Waals surface area contributed by atoms with Gasteiger partial charge in [-0.05, 0) is 36.2 Å². The lowest BCUT2D eigenvalue weighted by atomic mass is 10.0. The zero-order valence-corrected chi connectivity index (χ0v) is 17.8. The quantitative estimate of drug-likeness (QED) is 0.203. The number of ketones is 2. The Hall–Kier alpha value is -3.08. The number of hydrogen-bond acceptors (Lipinski definition) is 10. The predicted molar refractivity (Wildman–Crippen MR) is 109 cm³/mol. The molecule has 0 bridgehead atoms. The van der Waals surface area contributed by atoms with Crippen LogP contribution in [0.25, 0.3) is 0 Å². The number of Topliss-reactive ketones (excluding diaryl/α,β-unsaturated/α-hetero) is 2. The first-order valence-corrected chi connectivity index (χ1v) is 10.4. The lowest BCUT2D eigenvalue weighted by molar-refractivity contribution is -0.436. The molecule has 1 aliphatic heterocycles. The molecule has 0 atom stereocenters. The van der Waals surface area contributed by atoms with E-state index in [9.17, 15) is 19.2 Å². The van der Waals surface area contributed by atoms with Gasteiger partial charge in [-0.25, -0.2) is 4.79 Å². The van der Waals surface area contributed by atoms with E-state index in [4.69, 9.17) is 9.62 Å². The predicted octanol–water partition coefficient (Wildman–Crippen LogP) is 2.95. The summed E-state index contributed by atoms with van der Waals surface area (Å²) < 4.78 is 5.03. The van der Waals surface area contributed by atoms with E-state index in [1.165, 1.54) is 41.3 Å². The summed E-state index contributed by atoms with van der Waals surface area (Å²) in [5, 5.41) is 7.56. The highest BCUT2D eigenvalue weighted by Crippen LogP contribution is 2.30. The van der Waals surface area contributed by atoms with Crippen LogP contribution < -0.4 is 14.9 Å². The third-order valence-electron chi connectivity index (χ3n) is 4.39. The van der Waals surface area contributed by atoms with Gasteiger partial charge in [-0.15, -0.1) is 11.3 Å². The third kappa shape index (κ3) is 6.20. The molecular formula is C21H21NO8S. The Bertz CT molecular complexity index is 989. The summed E-state index contributed by atoms with van der Waals surface area (Å²) >= 11 is 1.49. The largest absolute Gasteiger partial charge is 0.423 e. The standard InChI is InChI=1S/C21H21NO8S/c1-12(23)27-19-9-14(3-6-18(19)29-30-28-13(2)24)16(25)4-5-17(26)21-10-15-11-22-8-7-20(15)31-21/h3,6,9-10,22H,4-5,7-8,11H2,1-2H3. The summed E-state index contributed by atoms with van der Waals surface area (Å²) in [6, 6.07) is 5.96. The summed E-state index contributed by atoms with van der Waals surface area (Å²) in [4.78, 5) is 58.1. The van der Waals surface area contributed by atoms with Crippen molar-refractivity contribution in [1.29, 1.82) is 0 Å². The van der Waals surface area contributed by atoms with Gasteiger partial charge in [0.2, 0.25) is 5.75 Å². The van der Waals surface area contributed by atoms with Crippen molar-refractivity contribution in [3.05, 3.63) is 45.1 Å². The number of carbonyl (C=O) groups excluding carboxylic acids is 4. The minimum Gasteiger partial charge on any atom is -0.423 e. The van der Waals surface area contributed by atoms with Crippen LogP contribution in [0.3, 0.4) is 0 Å². The highest BCUT2D eigenvalue weighted by atomic mass is 32.1. The van der Waals surface area contributed by atoms with Gasteiger partial charge in [0, 0.05) is 55.3 Å². The maximum Gasteiger partial charge on any atom is 0.343 e. The van der Waals surface area contributed by atoms with Crippen LogP contribution in [0.2, 0.25) is 0 Å². The SMILES string of the molecule is CC(=O)OOOc1ccc(C(=O)CCC(=O)c2cc3c(s2)CCNC3)cc1OC(C)=O. The van der Waals surface area contributed by atoms with Gasteiger partial charge in [0.1, 0.15) is 0 Å². The number of fused-ring (bicyclic) bond motifs is 1. The second-order valence-corrected chi connectivity index (χ2v) is 7.95. The normalized spacial score (nSPS) is 12.6. The number of esters is 1. The second-order valence-electron chi connectivity index (χ2n) is 6.81. The van der Waals surface area contributed by atoms with Gasteiger partial charge in [0.15, 0.2) is 17.3 Å². The highest BCUT2D eigenvalue weighted by molar-refractivity contribution is 7.14. The van der Waals surface area contributed by atoms with Crippen molar-refractivity contribution in [2.75, 3.05) is 6.54 Å². The van der Waals surface area contributed by atoms with E-state index in [0.717, 1.165) is 32.0 Å².